The van der Waals surface area contributed by atoms with Crippen LogP contribution in [0, 0.1) is 0 Å². The zero-order valence-corrected chi connectivity index (χ0v) is 14.0. The highest BCUT2D eigenvalue weighted by Gasteiger charge is 2.32. The molecule has 0 spiro atoms. The summed E-state index contributed by atoms with van der Waals surface area (Å²) < 4.78 is 31.9. The van der Waals surface area contributed by atoms with E-state index in [2.05, 4.69) is 0 Å². The van der Waals surface area contributed by atoms with Gasteiger partial charge in [-0.1, -0.05) is 37.3 Å². The number of hydrogen-bond acceptors (Lipinski definition) is 3. The Morgan fingerprint density at radius 3 is 2.48 bits per heavy atom. The lowest BCUT2D eigenvalue weighted by atomic mass is 10.0. The molecule has 5 heteroatoms. The van der Waals surface area contributed by atoms with Crippen LogP contribution in [0.5, 0.6) is 5.75 Å². The van der Waals surface area contributed by atoms with Crippen molar-refractivity contribution in [2.45, 2.75) is 11.8 Å². The van der Waals surface area contributed by atoms with Gasteiger partial charge in [0.15, 0.2) is 0 Å². The topological polar surface area (TPSA) is 46.6 Å². The second-order valence-corrected chi connectivity index (χ2v) is 7.28. The number of benzene rings is 2. The average Bonchev–Trinajstić information content (AvgIpc) is 2.58. The molecule has 0 saturated carbocycles. The van der Waals surface area contributed by atoms with Crippen molar-refractivity contribution in [1.82, 2.24) is 4.31 Å². The Morgan fingerprint density at radius 2 is 1.83 bits per heavy atom. The fourth-order valence-electron chi connectivity index (χ4n) is 2.76. The minimum Gasteiger partial charge on any atom is -0.497 e. The van der Waals surface area contributed by atoms with E-state index in [1.807, 2.05) is 49.4 Å². The van der Waals surface area contributed by atoms with Crippen LogP contribution in [0.1, 0.15) is 18.1 Å². The Balaban J connectivity index is 2.10. The lowest BCUT2D eigenvalue weighted by molar-refractivity contribution is 0.415. The molecule has 23 heavy (non-hydrogen) atoms. The molecule has 0 aliphatic carbocycles. The van der Waals surface area contributed by atoms with Crippen molar-refractivity contribution >= 4 is 21.7 Å². The number of methoxy groups -OCH3 is 1. The van der Waals surface area contributed by atoms with Crippen LogP contribution in [0.3, 0.4) is 0 Å². The SMILES string of the molecule is CCN1C/C(=C\c2ccc(OC)cc2)c2ccccc2S1(=O)=O. The third-order valence-electron chi connectivity index (χ3n) is 4.01. The summed E-state index contributed by atoms with van der Waals surface area (Å²) in [5.74, 6) is 0.800. The predicted molar refractivity (Wildman–Crippen MR) is 91.7 cm³/mol. The molecule has 1 aliphatic rings. The van der Waals surface area contributed by atoms with Crippen LogP contribution in [-0.2, 0) is 10.0 Å². The van der Waals surface area contributed by atoms with Gasteiger partial charge >= 0.3 is 0 Å². The molecule has 0 radical (unpaired) electrons. The lowest BCUT2D eigenvalue weighted by Gasteiger charge is -2.29. The normalized spacial score (nSPS) is 18.6. The Hall–Kier alpha value is -2.11. The van der Waals surface area contributed by atoms with E-state index in [1.165, 1.54) is 4.31 Å². The number of nitrogens with zero attached hydrogens (tertiary/aromatic N) is 1. The Labute approximate surface area is 137 Å². The standard InChI is InChI=1S/C18H19NO3S/c1-3-19-13-15(12-14-8-10-16(22-2)11-9-14)17-6-4-5-7-18(17)23(19,20)21/h4-12H,3,13H2,1-2H3/b15-12+. The molecular weight excluding hydrogens is 310 g/mol. The van der Waals surface area contributed by atoms with Gasteiger partial charge in [0.2, 0.25) is 10.0 Å². The highest BCUT2D eigenvalue weighted by atomic mass is 32.2. The zero-order valence-electron chi connectivity index (χ0n) is 13.2. The monoisotopic (exact) mass is 329 g/mol. The van der Waals surface area contributed by atoms with Gasteiger partial charge in [0.05, 0.1) is 12.0 Å². The minimum absolute atomic E-state index is 0.382. The van der Waals surface area contributed by atoms with Crippen molar-refractivity contribution in [3.8, 4) is 5.75 Å². The maximum absolute atomic E-state index is 12.6. The van der Waals surface area contributed by atoms with E-state index in [1.54, 1.807) is 19.2 Å². The minimum atomic E-state index is -3.40. The Morgan fingerprint density at radius 1 is 1.13 bits per heavy atom. The van der Waals surface area contributed by atoms with E-state index in [0.29, 0.717) is 18.0 Å². The number of hydrogen-bond donors (Lipinski definition) is 0. The summed E-state index contributed by atoms with van der Waals surface area (Å²) >= 11 is 0. The molecule has 1 aliphatic heterocycles. The van der Waals surface area contributed by atoms with Gasteiger partial charge in [-0.05, 0) is 41.0 Å². The van der Waals surface area contributed by atoms with Crippen LogP contribution >= 0.6 is 0 Å². The third-order valence-corrected chi connectivity index (χ3v) is 5.99. The summed E-state index contributed by atoms with van der Waals surface area (Å²) in [4.78, 5) is 0.382. The van der Waals surface area contributed by atoms with Crippen LogP contribution in [0.15, 0.2) is 53.4 Å². The predicted octanol–water partition coefficient (Wildman–Crippen LogP) is 3.26. The molecule has 0 N–H and O–H groups in total. The number of sulfonamides is 1. The fourth-order valence-corrected chi connectivity index (χ4v) is 4.42. The largest absolute Gasteiger partial charge is 0.497 e. The molecule has 0 bridgehead atoms. The molecule has 3 rings (SSSR count). The van der Waals surface area contributed by atoms with Crippen molar-refractivity contribution in [3.63, 3.8) is 0 Å². The molecule has 4 nitrogen and oxygen atoms in total. The molecule has 0 aromatic heterocycles. The molecule has 0 atom stereocenters. The number of ether oxygens (including phenoxy) is 1. The highest BCUT2D eigenvalue weighted by molar-refractivity contribution is 7.89. The number of likely N-dealkylation sites (N-methyl/N-ethyl adjacent to an activating group) is 1. The molecule has 2 aromatic carbocycles. The Kier molecular flexibility index (Phi) is 4.24. The van der Waals surface area contributed by atoms with E-state index >= 15 is 0 Å². The maximum Gasteiger partial charge on any atom is 0.243 e. The van der Waals surface area contributed by atoms with E-state index in [9.17, 15) is 8.42 Å². The molecule has 0 fully saturated rings. The first-order valence-electron chi connectivity index (χ1n) is 7.50. The van der Waals surface area contributed by atoms with Crippen molar-refractivity contribution < 1.29 is 13.2 Å². The van der Waals surface area contributed by atoms with Gasteiger partial charge < -0.3 is 4.74 Å². The van der Waals surface area contributed by atoms with Gasteiger partial charge in [-0.15, -0.1) is 0 Å². The van der Waals surface area contributed by atoms with Gasteiger partial charge in [-0.3, -0.25) is 0 Å². The summed E-state index contributed by atoms with van der Waals surface area (Å²) in [7, 11) is -1.76. The molecule has 0 saturated heterocycles. The highest BCUT2D eigenvalue weighted by Crippen LogP contribution is 2.34. The van der Waals surface area contributed by atoms with E-state index in [-0.39, 0.29) is 0 Å². The summed E-state index contributed by atoms with van der Waals surface area (Å²) in [6, 6.07) is 14.9. The second kappa shape index (κ2) is 6.18. The third kappa shape index (κ3) is 2.90. The number of rotatable bonds is 3. The van der Waals surface area contributed by atoms with Crippen LogP contribution in [0.4, 0.5) is 0 Å². The number of fused-ring (bicyclic) bond motifs is 1. The quantitative estimate of drug-likeness (QED) is 0.868. The van der Waals surface area contributed by atoms with E-state index in [0.717, 1.165) is 22.4 Å². The fraction of sp³-hybridized carbons (Fsp3) is 0.222. The maximum atomic E-state index is 12.6. The molecule has 2 aromatic rings. The van der Waals surface area contributed by atoms with Gasteiger partial charge in [-0.2, -0.15) is 4.31 Å². The average molecular weight is 329 g/mol. The van der Waals surface area contributed by atoms with E-state index in [4.69, 9.17) is 4.74 Å². The van der Waals surface area contributed by atoms with E-state index < -0.39 is 10.0 Å². The molecule has 120 valence electrons. The summed E-state index contributed by atoms with van der Waals surface area (Å²) in [5.41, 5.74) is 2.81. The first-order chi connectivity index (χ1) is 11.1. The van der Waals surface area contributed by atoms with Crippen LogP contribution in [0.25, 0.3) is 11.6 Å². The van der Waals surface area contributed by atoms with Crippen molar-refractivity contribution in [1.29, 1.82) is 0 Å². The molecule has 0 unspecified atom stereocenters. The van der Waals surface area contributed by atoms with Gasteiger partial charge in [-0.25, -0.2) is 8.42 Å². The lowest BCUT2D eigenvalue weighted by Crippen LogP contribution is -2.36. The van der Waals surface area contributed by atoms with Gasteiger partial charge in [0.1, 0.15) is 5.75 Å². The zero-order chi connectivity index (χ0) is 16.4. The van der Waals surface area contributed by atoms with Crippen LogP contribution in [-0.4, -0.2) is 32.9 Å². The Bertz CT molecular complexity index is 839. The van der Waals surface area contributed by atoms with Crippen molar-refractivity contribution in [3.05, 3.63) is 59.7 Å². The first kappa shape index (κ1) is 15.8. The summed E-state index contributed by atoms with van der Waals surface area (Å²) in [5, 5.41) is 0. The van der Waals surface area contributed by atoms with Crippen molar-refractivity contribution in [2.24, 2.45) is 0 Å². The van der Waals surface area contributed by atoms with Crippen molar-refractivity contribution in [2.75, 3.05) is 20.2 Å². The first-order valence-corrected chi connectivity index (χ1v) is 8.94. The van der Waals surface area contributed by atoms with Gasteiger partial charge in [0, 0.05) is 13.1 Å². The van der Waals surface area contributed by atoms with Crippen LogP contribution < -0.4 is 4.74 Å². The smallest absolute Gasteiger partial charge is 0.243 e. The molecule has 1 heterocycles. The summed E-state index contributed by atoms with van der Waals surface area (Å²) in [6.07, 6.45) is 2.04. The van der Waals surface area contributed by atoms with Gasteiger partial charge in [0.25, 0.3) is 0 Å². The molecule has 0 amide bonds. The summed E-state index contributed by atoms with van der Waals surface area (Å²) in [6.45, 7) is 2.70. The second-order valence-electron chi connectivity index (χ2n) is 5.37. The molecular formula is C18H19NO3S. The van der Waals surface area contributed by atoms with Crippen LogP contribution in [0.2, 0.25) is 0 Å².